The summed E-state index contributed by atoms with van der Waals surface area (Å²) < 4.78 is 61.3. The maximum Gasteiger partial charge on any atom is 0.319 e. The number of fused-ring (bicyclic) bond motifs is 7. The number of phenols is 1. The number of ether oxygens (including phenoxy) is 2. The van der Waals surface area contributed by atoms with E-state index in [-0.39, 0.29) is 58.0 Å². The lowest BCUT2D eigenvalue weighted by molar-refractivity contribution is 0.107. The molecule has 9 rings (SSSR count). The first-order chi connectivity index (χ1) is 26.2. The largest absolute Gasteiger partial charge is 0.508 e. The zero-order chi connectivity index (χ0) is 37.3. The third-order valence-corrected chi connectivity index (χ3v) is 12.2. The number of halogens is 3. The smallest absolute Gasteiger partial charge is 0.319 e. The van der Waals surface area contributed by atoms with Gasteiger partial charge in [-0.3, -0.25) is 14.5 Å². The monoisotopic (exact) mass is 739 g/mol. The first-order valence-electron chi connectivity index (χ1n) is 19.1. The summed E-state index contributed by atoms with van der Waals surface area (Å²) in [6, 6.07) is 6.20. The molecule has 0 saturated carbocycles. The Morgan fingerprint density at radius 1 is 1.07 bits per heavy atom. The molecule has 4 saturated heterocycles. The van der Waals surface area contributed by atoms with Gasteiger partial charge in [-0.2, -0.15) is 15.1 Å². The van der Waals surface area contributed by atoms with Gasteiger partial charge < -0.3 is 19.5 Å². The normalized spacial score (nSPS) is 24.3. The first kappa shape index (κ1) is 35.1. The summed E-state index contributed by atoms with van der Waals surface area (Å²) in [6.45, 7) is 7.11. The van der Waals surface area contributed by atoms with Crippen molar-refractivity contribution in [2.24, 2.45) is 7.05 Å². The summed E-state index contributed by atoms with van der Waals surface area (Å²) in [5.74, 6) is 1.50. The molecule has 1 N–H and O–H groups in total. The molecule has 0 amide bonds. The third kappa shape index (κ3) is 5.72. The van der Waals surface area contributed by atoms with Gasteiger partial charge in [0.1, 0.15) is 41.2 Å². The topological polar surface area (TPSA) is 92.0 Å². The summed E-state index contributed by atoms with van der Waals surface area (Å²) in [7, 11) is 1.76. The number of aromatic nitrogens is 4. The Morgan fingerprint density at radius 3 is 2.67 bits per heavy atom. The molecule has 54 heavy (non-hydrogen) atoms. The van der Waals surface area contributed by atoms with Crippen LogP contribution < -0.4 is 9.64 Å². The van der Waals surface area contributed by atoms with Gasteiger partial charge in [0, 0.05) is 87.5 Å². The molecule has 13 heteroatoms. The second-order valence-electron chi connectivity index (χ2n) is 15.4. The molecule has 0 radical (unpaired) electrons. The molecule has 6 heterocycles. The lowest BCUT2D eigenvalue weighted by atomic mass is 9.91. The minimum Gasteiger partial charge on any atom is -0.508 e. The van der Waals surface area contributed by atoms with E-state index in [0.29, 0.717) is 60.2 Å². The van der Waals surface area contributed by atoms with Crippen molar-refractivity contribution in [2.75, 3.05) is 57.4 Å². The fourth-order valence-electron chi connectivity index (χ4n) is 9.89. The Kier molecular flexibility index (Phi) is 8.83. The molecule has 2 aromatic heterocycles. The summed E-state index contributed by atoms with van der Waals surface area (Å²) >= 11 is 0. The standard InChI is InChI=1S/C41H44F3N7O3/c1-4-29-32(43)11-8-24-16-28(52)17-30(33(24)29)34-36(44)38-35(31-22-48(3)47-37(31)34)39(49-20-26-9-10-27(21-49)51(26)14-7-15-53-5-2)46-40(45-38)54-23-41-12-6-13-50(41)19-25(42)18-41/h1,8,11,16-17,22,25-27,52H,5-7,9-10,12-15,18-21,23H2,2-3H3/t25-,26-,27+,41+/m1/s1. The molecule has 4 aliphatic heterocycles. The lowest BCUT2D eigenvalue weighted by Crippen LogP contribution is -2.54. The Labute approximate surface area is 311 Å². The number of aryl methyl sites for hydroxylation is 1. The van der Waals surface area contributed by atoms with Gasteiger partial charge in [0.2, 0.25) is 0 Å². The van der Waals surface area contributed by atoms with E-state index >= 15 is 8.78 Å². The molecule has 2 bridgehead atoms. The van der Waals surface area contributed by atoms with Crippen LogP contribution in [-0.4, -0.2) is 111 Å². The van der Waals surface area contributed by atoms with E-state index < -0.39 is 23.3 Å². The second-order valence-corrected chi connectivity index (χ2v) is 15.4. The number of rotatable bonds is 10. The van der Waals surface area contributed by atoms with Crippen molar-refractivity contribution in [3.8, 4) is 35.2 Å². The van der Waals surface area contributed by atoms with E-state index in [9.17, 15) is 9.50 Å². The van der Waals surface area contributed by atoms with Crippen LogP contribution in [-0.2, 0) is 11.8 Å². The predicted molar refractivity (Wildman–Crippen MR) is 202 cm³/mol. The number of piperazine rings is 1. The van der Waals surface area contributed by atoms with Gasteiger partial charge in [0.05, 0.1) is 16.5 Å². The average Bonchev–Trinajstić information content (AvgIpc) is 3.87. The van der Waals surface area contributed by atoms with Crippen molar-refractivity contribution in [3.05, 3.63) is 47.7 Å². The fraction of sp³-hybridized carbons (Fsp3) is 0.488. The summed E-state index contributed by atoms with van der Waals surface area (Å²) in [5.41, 5.74) is 0.0453. The van der Waals surface area contributed by atoms with E-state index in [1.165, 1.54) is 24.3 Å². The molecule has 0 unspecified atom stereocenters. The van der Waals surface area contributed by atoms with Crippen LogP contribution in [0.5, 0.6) is 11.8 Å². The average molecular weight is 740 g/mol. The van der Waals surface area contributed by atoms with Gasteiger partial charge in [-0.15, -0.1) is 6.42 Å². The minimum absolute atomic E-state index is 0.0109. The molecule has 4 fully saturated rings. The van der Waals surface area contributed by atoms with Crippen molar-refractivity contribution in [1.29, 1.82) is 0 Å². The Balaban J connectivity index is 1.22. The maximum absolute atomic E-state index is 17.7. The SMILES string of the molecule is C#Cc1c(F)ccc2cc(O)cc(-c3c(F)c4nc(OC[C@@]56CCCN5C[C@H](F)C6)nc(N5C[C@H]6CC[C@@H](C5)N6CCCOCC)c4c4cn(C)nc34)c12. The number of aromatic hydroxyl groups is 1. The molecule has 5 aromatic rings. The molecule has 4 atom stereocenters. The van der Waals surface area contributed by atoms with Crippen LogP contribution in [0, 0.1) is 24.0 Å². The quantitative estimate of drug-likeness (QED) is 0.130. The Morgan fingerprint density at radius 2 is 1.89 bits per heavy atom. The van der Waals surface area contributed by atoms with Crippen molar-refractivity contribution in [3.63, 3.8) is 0 Å². The third-order valence-electron chi connectivity index (χ3n) is 12.2. The van der Waals surface area contributed by atoms with Crippen LogP contribution in [0.4, 0.5) is 19.0 Å². The van der Waals surface area contributed by atoms with E-state index in [0.717, 1.165) is 51.8 Å². The molecule has 282 valence electrons. The highest BCUT2D eigenvalue weighted by molar-refractivity contribution is 6.18. The maximum atomic E-state index is 17.7. The van der Waals surface area contributed by atoms with Crippen LogP contribution >= 0.6 is 0 Å². The predicted octanol–water partition coefficient (Wildman–Crippen LogP) is 6.34. The summed E-state index contributed by atoms with van der Waals surface area (Å²) in [6.07, 6.45) is 11.9. The molecule has 10 nitrogen and oxygen atoms in total. The van der Waals surface area contributed by atoms with Crippen molar-refractivity contribution in [2.45, 2.75) is 69.2 Å². The number of terminal acetylenes is 1. The van der Waals surface area contributed by atoms with Crippen molar-refractivity contribution < 1.29 is 27.8 Å². The molecule has 0 spiro atoms. The molecule has 3 aromatic carbocycles. The first-order valence-corrected chi connectivity index (χ1v) is 19.1. The minimum atomic E-state index is -0.934. The van der Waals surface area contributed by atoms with Gasteiger partial charge in [-0.25, -0.2) is 13.2 Å². The molecular formula is C41H44F3N7O3. The van der Waals surface area contributed by atoms with Gasteiger partial charge in [-0.1, -0.05) is 12.0 Å². The number of benzene rings is 3. The highest BCUT2D eigenvalue weighted by atomic mass is 19.1. The Hall–Kier alpha value is -4.64. The van der Waals surface area contributed by atoms with E-state index in [4.69, 9.17) is 31.0 Å². The number of alkyl halides is 1. The zero-order valence-electron chi connectivity index (χ0n) is 30.6. The van der Waals surface area contributed by atoms with Crippen LogP contribution in [0.2, 0.25) is 0 Å². The lowest BCUT2D eigenvalue weighted by Gasteiger charge is -2.42. The van der Waals surface area contributed by atoms with Crippen molar-refractivity contribution >= 4 is 38.4 Å². The summed E-state index contributed by atoms with van der Waals surface area (Å²) in [4.78, 5) is 16.8. The van der Waals surface area contributed by atoms with Gasteiger partial charge >= 0.3 is 6.01 Å². The van der Waals surface area contributed by atoms with E-state index in [1.54, 1.807) is 11.7 Å². The highest BCUT2D eigenvalue weighted by Gasteiger charge is 2.49. The number of nitrogens with zero attached hydrogens (tertiary/aromatic N) is 7. The van der Waals surface area contributed by atoms with Gasteiger partial charge in [0.25, 0.3) is 0 Å². The second kappa shape index (κ2) is 13.6. The fourth-order valence-corrected chi connectivity index (χ4v) is 9.89. The van der Waals surface area contributed by atoms with E-state index in [2.05, 4.69) is 20.6 Å². The Bertz CT molecular complexity index is 2310. The van der Waals surface area contributed by atoms with Crippen LogP contribution in [0.25, 0.3) is 43.7 Å². The molecular weight excluding hydrogens is 695 g/mol. The highest BCUT2D eigenvalue weighted by Crippen LogP contribution is 2.46. The van der Waals surface area contributed by atoms with Crippen LogP contribution in [0.15, 0.2) is 30.5 Å². The molecule has 4 aliphatic rings. The summed E-state index contributed by atoms with van der Waals surface area (Å²) in [5, 5.41) is 17.5. The number of anilines is 1. The zero-order valence-corrected chi connectivity index (χ0v) is 30.6. The number of phenolic OH excluding ortho intramolecular Hbond substituents is 1. The van der Waals surface area contributed by atoms with Crippen molar-refractivity contribution in [1.82, 2.24) is 29.5 Å². The van der Waals surface area contributed by atoms with Gasteiger partial charge in [0.15, 0.2) is 5.82 Å². The number of hydrogen-bond donors (Lipinski definition) is 1. The molecule has 0 aliphatic carbocycles. The van der Waals surface area contributed by atoms with Crippen LogP contribution in [0.3, 0.4) is 0 Å². The van der Waals surface area contributed by atoms with Crippen LogP contribution in [0.1, 0.15) is 51.0 Å². The van der Waals surface area contributed by atoms with E-state index in [1.807, 2.05) is 13.1 Å². The number of hydrogen-bond acceptors (Lipinski definition) is 9. The van der Waals surface area contributed by atoms with Gasteiger partial charge in [-0.05, 0) is 74.7 Å².